The number of aliphatic carboxylic acids is 2. The van der Waals surface area contributed by atoms with Gasteiger partial charge in [0.25, 0.3) is 0 Å². The molecule has 0 fully saturated rings. The minimum absolute atomic E-state index is 0.130. The zero-order valence-electron chi connectivity index (χ0n) is 8.21. The summed E-state index contributed by atoms with van der Waals surface area (Å²) in [6, 6.07) is 0. The highest BCUT2D eigenvalue weighted by atomic mass is 16.5. The molecule has 0 aliphatic heterocycles. The molecule has 1 unspecified atom stereocenters. The Labute approximate surface area is 85.9 Å². The summed E-state index contributed by atoms with van der Waals surface area (Å²) < 4.78 is 0. The molecular formula is C8H13NO6. The number of nitrogens with zero attached hydrogens (tertiary/aromatic N) is 1. The molecule has 0 bridgehead atoms. The fourth-order valence-electron chi connectivity index (χ4n) is 0.928. The summed E-state index contributed by atoms with van der Waals surface area (Å²) in [5, 5.41) is 26.3. The number of carboxylic acid groups (broad SMARTS) is 2. The van der Waals surface area contributed by atoms with E-state index in [1.165, 1.54) is 0 Å². The zero-order chi connectivity index (χ0) is 12.0. The molecule has 1 atom stereocenters. The summed E-state index contributed by atoms with van der Waals surface area (Å²) in [5.41, 5.74) is 0. The summed E-state index contributed by atoms with van der Waals surface area (Å²) in [7, 11) is 0. The Bertz CT molecular complexity index is 264. The predicted molar refractivity (Wildman–Crippen MR) is 47.2 cm³/mol. The van der Waals surface area contributed by atoms with E-state index < -0.39 is 30.3 Å². The van der Waals surface area contributed by atoms with Gasteiger partial charge in [0.05, 0.1) is 12.5 Å². The van der Waals surface area contributed by atoms with Crippen LogP contribution in [0.4, 0.5) is 0 Å². The van der Waals surface area contributed by atoms with Gasteiger partial charge in [0.1, 0.15) is 0 Å². The highest BCUT2D eigenvalue weighted by molar-refractivity contribution is 5.75. The molecule has 0 rings (SSSR count). The van der Waals surface area contributed by atoms with Crippen LogP contribution in [0.5, 0.6) is 0 Å². The molecule has 0 saturated carbocycles. The molecule has 1 amide bonds. The van der Waals surface area contributed by atoms with Gasteiger partial charge < -0.3 is 10.2 Å². The first-order valence-electron chi connectivity index (χ1n) is 4.26. The Morgan fingerprint density at radius 2 is 1.80 bits per heavy atom. The average molecular weight is 219 g/mol. The van der Waals surface area contributed by atoms with Gasteiger partial charge in [-0.3, -0.25) is 19.6 Å². The summed E-state index contributed by atoms with van der Waals surface area (Å²) in [5.74, 6) is -4.11. The third-order valence-corrected chi connectivity index (χ3v) is 1.81. The van der Waals surface area contributed by atoms with Crippen molar-refractivity contribution in [2.24, 2.45) is 5.92 Å². The number of carbonyl (C=O) groups is 3. The molecule has 0 radical (unpaired) electrons. The fourth-order valence-corrected chi connectivity index (χ4v) is 0.928. The molecule has 0 aromatic carbocycles. The van der Waals surface area contributed by atoms with E-state index in [2.05, 4.69) is 0 Å². The molecule has 7 nitrogen and oxygen atoms in total. The maximum absolute atomic E-state index is 10.6. The van der Waals surface area contributed by atoms with E-state index in [1.807, 2.05) is 0 Å². The van der Waals surface area contributed by atoms with E-state index in [0.717, 1.165) is 6.92 Å². The monoisotopic (exact) mass is 219 g/mol. The van der Waals surface area contributed by atoms with Crippen molar-refractivity contribution in [3.63, 3.8) is 0 Å². The predicted octanol–water partition coefficient (Wildman–Crippen LogP) is -0.210. The lowest BCUT2D eigenvalue weighted by Gasteiger charge is -2.17. The van der Waals surface area contributed by atoms with Gasteiger partial charge in [-0.15, -0.1) is 0 Å². The third kappa shape index (κ3) is 5.63. The Morgan fingerprint density at radius 1 is 1.27 bits per heavy atom. The third-order valence-electron chi connectivity index (χ3n) is 1.81. The van der Waals surface area contributed by atoms with Crippen LogP contribution in [-0.4, -0.2) is 44.9 Å². The lowest BCUT2D eigenvalue weighted by atomic mass is 10.0. The Kier molecular flexibility index (Phi) is 5.32. The first-order valence-corrected chi connectivity index (χ1v) is 4.26. The van der Waals surface area contributed by atoms with Crippen molar-refractivity contribution in [2.75, 3.05) is 6.54 Å². The van der Waals surface area contributed by atoms with E-state index in [0.29, 0.717) is 0 Å². The van der Waals surface area contributed by atoms with Crippen molar-refractivity contribution >= 4 is 17.8 Å². The lowest BCUT2D eigenvalue weighted by molar-refractivity contribution is -0.169. The van der Waals surface area contributed by atoms with Gasteiger partial charge in [-0.2, -0.15) is 0 Å². The number of hydrogen-bond donors (Lipinski definition) is 3. The minimum Gasteiger partial charge on any atom is -0.481 e. The standard InChI is InChI=1S/C8H13NO6/c1-5(10)9(15)4-6(8(13)14)2-3-7(11)12/h6,15H,2-4H2,1H3,(H,11,12)(H,13,14). The second kappa shape index (κ2) is 5.97. The number of carboxylic acids is 2. The van der Waals surface area contributed by atoms with Crippen LogP contribution < -0.4 is 0 Å². The van der Waals surface area contributed by atoms with Gasteiger partial charge in [0, 0.05) is 13.3 Å². The summed E-state index contributed by atoms with van der Waals surface area (Å²) >= 11 is 0. The number of hydroxylamine groups is 2. The van der Waals surface area contributed by atoms with Gasteiger partial charge in [-0.1, -0.05) is 0 Å². The van der Waals surface area contributed by atoms with Crippen LogP contribution in [0.3, 0.4) is 0 Å². The summed E-state index contributed by atoms with van der Waals surface area (Å²) in [6.07, 6.45) is -0.447. The van der Waals surface area contributed by atoms with Crippen LogP contribution in [0, 0.1) is 5.92 Å². The molecule has 15 heavy (non-hydrogen) atoms. The second-order valence-corrected chi connectivity index (χ2v) is 3.07. The van der Waals surface area contributed by atoms with Crippen LogP contribution in [0.1, 0.15) is 19.8 Å². The Balaban J connectivity index is 4.22. The van der Waals surface area contributed by atoms with Crippen LogP contribution >= 0.6 is 0 Å². The molecule has 86 valence electrons. The van der Waals surface area contributed by atoms with Crippen molar-refractivity contribution in [3.8, 4) is 0 Å². The SMILES string of the molecule is CC(=O)N(O)CC(CCC(=O)O)C(=O)O. The number of amides is 1. The Morgan fingerprint density at radius 3 is 2.13 bits per heavy atom. The second-order valence-electron chi connectivity index (χ2n) is 3.07. The van der Waals surface area contributed by atoms with E-state index in [4.69, 9.17) is 15.4 Å². The van der Waals surface area contributed by atoms with E-state index in [-0.39, 0.29) is 17.9 Å². The molecule has 0 saturated heterocycles. The van der Waals surface area contributed by atoms with Crippen molar-refractivity contribution in [1.29, 1.82) is 0 Å². The molecule has 0 heterocycles. The van der Waals surface area contributed by atoms with E-state index in [1.54, 1.807) is 0 Å². The van der Waals surface area contributed by atoms with E-state index in [9.17, 15) is 14.4 Å². The quantitative estimate of drug-likeness (QED) is 0.420. The van der Waals surface area contributed by atoms with Gasteiger partial charge in [-0.25, -0.2) is 5.06 Å². The van der Waals surface area contributed by atoms with Gasteiger partial charge in [0.15, 0.2) is 0 Å². The van der Waals surface area contributed by atoms with Crippen LogP contribution in [0.15, 0.2) is 0 Å². The van der Waals surface area contributed by atoms with Crippen molar-refractivity contribution in [3.05, 3.63) is 0 Å². The smallest absolute Gasteiger partial charge is 0.308 e. The van der Waals surface area contributed by atoms with Gasteiger partial charge in [0.2, 0.25) is 5.91 Å². The maximum Gasteiger partial charge on any atom is 0.308 e. The lowest BCUT2D eigenvalue weighted by Crippen LogP contribution is -2.34. The molecule has 0 aliphatic carbocycles. The Hall–Kier alpha value is -1.63. The van der Waals surface area contributed by atoms with Crippen molar-refractivity contribution in [2.45, 2.75) is 19.8 Å². The average Bonchev–Trinajstić information content (AvgIpc) is 2.10. The number of carbonyl (C=O) groups excluding carboxylic acids is 1. The zero-order valence-corrected chi connectivity index (χ0v) is 8.21. The summed E-state index contributed by atoms with van der Waals surface area (Å²) in [6.45, 7) is 0.675. The van der Waals surface area contributed by atoms with Crippen LogP contribution in [0.2, 0.25) is 0 Å². The molecular weight excluding hydrogens is 206 g/mol. The van der Waals surface area contributed by atoms with Crippen LogP contribution in [-0.2, 0) is 14.4 Å². The molecule has 7 heteroatoms. The number of hydrogen-bond acceptors (Lipinski definition) is 4. The first kappa shape index (κ1) is 13.4. The van der Waals surface area contributed by atoms with Gasteiger partial charge >= 0.3 is 11.9 Å². The summed E-state index contributed by atoms with van der Waals surface area (Å²) in [4.78, 5) is 31.4. The first-order chi connectivity index (χ1) is 6.84. The topological polar surface area (TPSA) is 115 Å². The normalized spacial score (nSPS) is 11.9. The highest BCUT2D eigenvalue weighted by Gasteiger charge is 2.22. The molecule has 0 aromatic rings. The highest BCUT2D eigenvalue weighted by Crippen LogP contribution is 2.08. The van der Waals surface area contributed by atoms with Crippen molar-refractivity contribution < 1.29 is 29.8 Å². The van der Waals surface area contributed by atoms with E-state index >= 15 is 0 Å². The largest absolute Gasteiger partial charge is 0.481 e. The fraction of sp³-hybridized carbons (Fsp3) is 0.625. The van der Waals surface area contributed by atoms with Crippen molar-refractivity contribution in [1.82, 2.24) is 5.06 Å². The molecule has 3 N–H and O–H groups in total. The number of rotatable bonds is 6. The maximum atomic E-state index is 10.6. The van der Waals surface area contributed by atoms with Crippen LogP contribution in [0.25, 0.3) is 0 Å². The molecule has 0 aromatic heterocycles. The molecule has 0 aliphatic rings. The van der Waals surface area contributed by atoms with Gasteiger partial charge in [-0.05, 0) is 6.42 Å². The molecule has 0 spiro atoms. The minimum atomic E-state index is -1.24.